The lowest BCUT2D eigenvalue weighted by Gasteiger charge is -2.05. The molecule has 0 aliphatic heterocycles. The van der Waals surface area contributed by atoms with Crippen molar-refractivity contribution in [3.8, 4) is 0 Å². The van der Waals surface area contributed by atoms with E-state index in [1.165, 1.54) is 0 Å². The number of anilines is 1. The SMILES string of the molecule is Cc1cc(C)nc(NC(=O)Cc2ccsc2)c1. The molecule has 0 saturated heterocycles. The van der Waals surface area contributed by atoms with E-state index in [1.54, 1.807) is 11.3 Å². The van der Waals surface area contributed by atoms with Crippen LogP contribution in [0, 0.1) is 13.8 Å². The van der Waals surface area contributed by atoms with Crippen LogP contribution in [0.4, 0.5) is 5.82 Å². The summed E-state index contributed by atoms with van der Waals surface area (Å²) in [6.45, 7) is 3.91. The van der Waals surface area contributed by atoms with Gasteiger partial charge in [-0.1, -0.05) is 0 Å². The van der Waals surface area contributed by atoms with Crippen molar-refractivity contribution in [2.75, 3.05) is 5.32 Å². The summed E-state index contributed by atoms with van der Waals surface area (Å²) in [6.07, 6.45) is 0.401. The quantitative estimate of drug-likeness (QED) is 0.904. The molecule has 1 N–H and O–H groups in total. The summed E-state index contributed by atoms with van der Waals surface area (Å²) >= 11 is 1.60. The molecule has 0 fully saturated rings. The van der Waals surface area contributed by atoms with Crippen LogP contribution in [0.3, 0.4) is 0 Å². The molecule has 0 aliphatic carbocycles. The van der Waals surface area contributed by atoms with Gasteiger partial charge in [0.1, 0.15) is 5.82 Å². The Morgan fingerprint density at radius 3 is 2.88 bits per heavy atom. The van der Waals surface area contributed by atoms with E-state index in [0.29, 0.717) is 12.2 Å². The van der Waals surface area contributed by atoms with Gasteiger partial charge in [-0.25, -0.2) is 4.98 Å². The van der Waals surface area contributed by atoms with Crippen molar-refractivity contribution in [2.45, 2.75) is 20.3 Å². The zero-order valence-electron chi connectivity index (χ0n) is 9.86. The van der Waals surface area contributed by atoms with Crippen molar-refractivity contribution in [2.24, 2.45) is 0 Å². The van der Waals surface area contributed by atoms with Crippen LogP contribution in [0.15, 0.2) is 29.0 Å². The Kier molecular flexibility index (Phi) is 3.54. The molecule has 2 aromatic rings. The van der Waals surface area contributed by atoms with E-state index in [1.807, 2.05) is 42.8 Å². The number of hydrogen-bond acceptors (Lipinski definition) is 3. The first-order chi connectivity index (χ1) is 8.13. The summed E-state index contributed by atoms with van der Waals surface area (Å²) in [5.41, 5.74) is 3.05. The number of nitrogens with zero attached hydrogens (tertiary/aromatic N) is 1. The second-order valence-corrected chi connectivity index (χ2v) is 4.81. The lowest BCUT2D eigenvalue weighted by atomic mass is 10.2. The first kappa shape index (κ1) is 11.8. The maximum Gasteiger partial charge on any atom is 0.229 e. The van der Waals surface area contributed by atoms with Crippen LogP contribution < -0.4 is 5.32 Å². The van der Waals surface area contributed by atoms with E-state index in [0.717, 1.165) is 16.8 Å². The molecule has 0 saturated carbocycles. The molecular weight excluding hydrogens is 232 g/mol. The van der Waals surface area contributed by atoms with Crippen LogP contribution in [-0.4, -0.2) is 10.9 Å². The maximum absolute atomic E-state index is 11.8. The lowest BCUT2D eigenvalue weighted by Crippen LogP contribution is -2.15. The van der Waals surface area contributed by atoms with Gasteiger partial charge >= 0.3 is 0 Å². The zero-order valence-corrected chi connectivity index (χ0v) is 10.7. The smallest absolute Gasteiger partial charge is 0.229 e. The Morgan fingerprint density at radius 2 is 2.24 bits per heavy atom. The number of thiophene rings is 1. The van der Waals surface area contributed by atoms with Gasteiger partial charge in [-0.2, -0.15) is 11.3 Å². The monoisotopic (exact) mass is 246 g/mol. The standard InChI is InChI=1S/C13H14N2OS/c1-9-5-10(2)14-12(6-9)15-13(16)7-11-3-4-17-8-11/h3-6,8H,7H2,1-2H3,(H,14,15,16). The Bertz CT molecular complexity index is 500. The normalized spacial score (nSPS) is 10.2. The first-order valence-electron chi connectivity index (χ1n) is 5.40. The first-order valence-corrected chi connectivity index (χ1v) is 6.34. The minimum Gasteiger partial charge on any atom is -0.310 e. The highest BCUT2D eigenvalue weighted by molar-refractivity contribution is 7.08. The van der Waals surface area contributed by atoms with Crippen LogP contribution in [-0.2, 0) is 11.2 Å². The minimum atomic E-state index is -0.0269. The molecule has 1 amide bonds. The topological polar surface area (TPSA) is 42.0 Å². The van der Waals surface area contributed by atoms with E-state index in [9.17, 15) is 4.79 Å². The number of carbonyl (C=O) groups excluding carboxylic acids is 1. The molecule has 88 valence electrons. The van der Waals surface area contributed by atoms with Gasteiger partial charge in [0.15, 0.2) is 0 Å². The highest BCUT2D eigenvalue weighted by Crippen LogP contribution is 2.11. The summed E-state index contributed by atoms with van der Waals surface area (Å²) in [4.78, 5) is 16.0. The molecular formula is C13H14N2OS. The predicted molar refractivity (Wildman–Crippen MR) is 70.4 cm³/mol. The summed E-state index contributed by atoms with van der Waals surface area (Å²) < 4.78 is 0. The van der Waals surface area contributed by atoms with Crippen molar-refractivity contribution in [3.05, 3.63) is 45.8 Å². The molecule has 0 bridgehead atoms. The van der Waals surface area contributed by atoms with Gasteiger partial charge in [0.25, 0.3) is 0 Å². The second kappa shape index (κ2) is 5.10. The third kappa shape index (κ3) is 3.39. The molecule has 0 spiro atoms. The number of aryl methyl sites for hydroxylation is 2. The lowest BCUT2D eigenvalue weighted by molar-refractivity contribution is -0.115. The Balaban J connectivity index is 2.03. The van der Waals surface area contributed by atoms with E-state index in [4.69, 9.17) is 0 Å². The number of pyridine rings is 1. The van der Waals surface area contributed by atoms with Crippen molar-refractivity contribution in [1.82, 2.24) is 4.98 Å². The van der Waals surface area contributed by atoms with Crippen molar-refractivity contribution < 1.29 is 4.79 Å². The van der Waals surface area contributed by atoms with Gasteiger partial charge in [0.2, 0.25) is 5.91 Å². The molecule has 17 heavy (non-hydrogen) atoms. The molecule has 0 radical (unpaired) electrons. The van der Waals surface area contributed by atoms with Gasteiger partial charge < -0.3 is 5.32 Å². The number of amides is 1. The molecule has 0 unspecified atom stereocenters. The Hall–Kier alpha value is -1.68. The van der Waals surface area contributed by atoms with Crippen molar-refractivity contribution in [1.29, 1.82) is 0 Å². The van der Waals surface area contributed by atoms with Gasteiger partial charge in [0, 0.05) is 5.69 Å². The van der Waals surface area contributed by atoms with Crippen molar-refractivity contribution >= 4 is 23.1 Å². The molecule has 0 atom stereocenters. The van der Waals surface area contributed by atoms with E-state index >= 15 is 0 Å². The Labute approximate surface area is 105 Å². The maximum atomic E-state index is 11.8. The summed E-state index contributed by atoms with van der Waals surface area (Å²) in [6, 6.07) is 5.81. The van der Waals surface area contributed by atoms with E-state index in [2.05, 4.69) is 10.3 Å². The molecule has 0 aromatic carbocycles. The number of rotatable bonds is 3. The predicted octanol–water partition coefficient (Wildman–Crippen LogP) is 2.94. The molecule has 4 heteroatoms. The van der Waals surface area contributed by atoms with Crippen LogP contribution in [0.5, 0.6) is 0 Å². The fourth-order valence-electron chi connectivity index (χ4n) is 1.67. The highest BCUT2D eigenvalue weighted by atomic mass is 32.1. The second-order valence-electron chi connectivity index (χ2n) is 4.03. The molecule has 2 rings (SSSR count). The van der Waals surface area contributed by atoms with Gasteiger partial charge in [-0.3, -0.25) is 4.79 Å². The number of aromatic nitrogens is 1. The van der Waals surface area contributed by atoms with Crippen LogP contribution in [0.25, 0.3) is 0 Å². The largest absolute Gasteiger partial charge is 0.310 e. The molecule has 2 heterocycles. The summed E-state index contributed by atoms with van der Waals surface area (Å²) in [5.74, 6) is 0.601. The molecule has 0 aliphatic rings. The molecule has 2 aromatic heterocycles. The third-order valence-electron chi connectivity index (χ3n) is 2.31. The average molecular weight is 246 g/mol. The third-order valence-corrected chi connectivity index (χ3v) is 3.04. The fourth-order valence-corrected chi connectivity index (χ4v) is 2.34. The number of nitrogens with one attached hydrogen (secondary N) is 1. The van der Waals surface area contributed by atoms with Crippen LogP contribution in [0.2, 0.25) is 0 Å². The average Bonchev–Trinajstić information content (AvgIpc) is 2.67. The fraction of sp³-hybridized carbons (Fsp3) is 0.231. The van der Waals surface area contributed by atoms with Gasteiger partial charge in [0.05, 0.1) is 6.42 Å². The molecule has 3 nitrogen and oxygen atoms in total. The zero-order chi connectivity index (χ0) is 12.3. The van der Waals surface area contributed by atoms with Crippen molar-refractivity contribution in [3.63, 3.8) is 0 Å². The van der Waals surface area contributed by atoms with E-state index in [-0.39, 0.29) is 5.91 Å². The Morgan fingerprint density at radius 1 is 1.41 bits per heavy atom. The van der Waals surface area contributed by atoms with E-state index < -0.39 is 0 Å². The number of hydrogen-bond donors (Lipinski definition) is 1. The highest BCUT2D eigenvalue weighted by Gasteiger charge is 2.05. The van der Waals surface area contributed by atoms with Crippen LogP contribution in [0.1, 0.15) is 16.8 Å². The summed E-state index contributed by atoms with van der Waals surface area (Å²) in [7, 11) is 0. The van der Waals surface area contributed by atoms with Gasteiger partial charge in [-0.05, 0) is 53.9 Å². The van der Waals surface area contributed by atoms with Crippen LogP contribution >= 0.6 is 11.3 Å². The van der Waals surface area contributed by atoms with Gasteiger partial charge in [-0.15, -0.1) is 0 Å². The number of carbonyl (C=O) groups is 1. The summed E-state index contributed by atoms with van der Waals surface area (Å²) in [5, 5.41) is 6.77. The minimum absolute atomic E-state index is 0.0269.